The summed E-state index contributed by atoms with van der Waals surface area (Å²) in [5.41, 5.74) is 0. The topological polar surface area (TPSA) is 21.3 Å². The number of likely N-dealkylation sites (N-methyl/N-ethyl adjacent to an activating group) is 1. The van der Waals surface area contributed by atoms with Gasteiger partial charge in [0.15, 0.2) is 0 Å². The van der Waals surface area contributed by atoms with Crippen LogP contribution in [0.4, 0.5) is 0 Å². The zero-order chi connectivity index (χ0) is 7.82. The molecule has 0 saturated heterocycles. The molecular formula is C8H19NO. The van der Waals surface area contributed by atoms with Crippen LogP contribution in [0.2, 0.25) is 0 Å². The standard InChI is InChI=1S/C8H19NO/c1-4-5-8(2)10-7-6-9-3/h8-9H,4-7H2,1-3H3. The Labute approximate surface area is 64.0 Å². The molecule has 0 fully saturated rings. The van der Waals surface area contributed by atoms with Crippen LogP contribution in [-0.4, -0.2) is 26.3 Å². The second-order valence-electron chi connectivity index (χ2n) is 2.57. The van der Waals surface area contributed by atoms with Crippen molar-refractivity contribution in [2.75, 3.05) is 20.2 Å². The molecule has 0 rings (SSSR count). The first kappa shape index (κ1) is 9.92. The molecule has 0 bridgehead atoms. The van der Waals surface area contributed by atoms with Crippen molar-refractivity contribution in [1.29, 1.82) is 0 Å². The fourth-order valence-corrected chi connectivity index (χ4v) is 0.852. The SMILES string of the molecule is CCCC(C)OCCNC. The second-order valence-corrected chi connectivity index (χ2v) is 2.57. The fourth-order valence-electron chi connectivity index (χ4n) is 0.852. The maximum Gasteiger partial charge on any atom is 0.0594 e. The van der Waals surface area contributed by atoms with Crippen molar-refractivity contribution in [3.05, 3.63) is 0 Å². The van der Waals surface area contributed by atoms with Crippen LogP contribution in [0.5, 0.6) is 0 Å². The van der Waals surface area contributed by atoms with Crippen LogP contribution in [0, 0.1) is 0 Å². The summed E-state index contributed by atoms with van der Waals surface area (Å²) < 4.78 is 5.46. The highest BCUT2D eigenvalue weighted by Gasteiger charge is 1.97. The highest BCUT2D eigenvalue weighted by atomic mass is 16.5. The van der Waals surface area contributed by atoms with Crippen LogP contribution in [-0.2, 0) is 4.74 Å². The van der Waals surface area contributed by atoms with Gasteiger partial charge in [-0.15, -0.1) is 0 Å². The first-order valence-corrected chi connectivity index (χ1v) is 4.07. The van der Waals surface area contributed by atoms with Crippen LogP contribution < -0.4 is 5.32 Å². The van der Waals surface area contributed by atoms with E-state index in [-0.39, 0.29) is 0 Å². The Balaban J connectivity index is 2.97. The largest absolute Gasteiger partial charge is 0.377 e. The third-order valence-corrected chi connectivity index (χ3v) is 1.45. The molecule has 0 saturated carbocycles. The molecule has 10 heavy (non-hydrogen) atoms. The quantitative estimate of drug-likeness (QED) is 0.571. The van der Waals surface area contributed by atoms with Gasteiger partial charge in [0.2, 0.25) is 0 Å². The average Bonchev–Trinajstić information content (AvgIpc) is 1.89. The smallest absolute Gasteiger partial charge is 0.0594 e. The van der Waals surface area contributed by atoms with Gasteiger partial charge >= 0.3 is 0 Å². The van der Waals surface area contributed by atoms with Crippen LogP contribution in [0.1, 0.15) is 26.7 Å². The van der Waals surface area contributed by atoms with E-state index in [1.165, 1.54) is 12.8 Å². The Morgan fingerprint density at radius 2 is 2.20 bits per heavy atom. The molecular weight excluding hydrogens is 126 g/mol. The molecule has 0 aliphatic heterocycles. The molecule has 2 heteroatoms. The summed E-state index contributed by atoms with van der Waals surface area (Å²) in [4.78, 5) is 0. The van der Waals surface area contributed by atoms with E-state index >= 15 is 0 Å². The van der Waals surface area contributed by atoms with E-state index < -0.39 is 0 Å². The fraction of sp³-hybridized carbons (Fsp3) is 1.00. The molecule has 62 valence electrons. The summed E-state index contributed by atoms with van der Waals surface area (Å²) in [6.45, 7) is 6.09. The van der Waals surface area contributed by atoms with E-state index in [4.69, 9.17) is 4.74 Å². The molecule has 1 atom stereocenters. The first-order valence-electron chi connectivity index (χ1n) is 4.07. The highest BCUT2D eigenvalue weighted by Crippen LogP contribution is 1.99. The van der Waals surface area contributed by atoms with Crippen LogP contribution >= 0.6 is 0 Å². The Bertz CT molecular complexity index is 66.3. The van der Waals surface area contributed by atoms with Crippen molar-refractivity contribution in [1.82, 2.24) is 5.32 Å². The van der Waals surface area contributed by atoms with Crippen molar-refractivity contribution in [3.8, 4) is 0 Å². The van der Waals surface area contributed by atoms with Crippen LogP contribution in [0.25, 0.3) is 0 Å². The van der Waals surface area contributed by atoms with E-state index in [2.05, 4.69) is 19.2 Å². The number of rotatable bonds is 6. The van der Waals surface area contributed by atoms with Crippen molar-refractivity contribution < 1.29 is 4.74 Å². The van der Waals surface area contributed by atoms with Crippen LogP contribution in [0.15, 0.2) is 0 Å². The van der Waals surface area contributed by atoms with Crippen molar-refractivity contribution in [3.63, 3.8) is 0 Å². The normalized spacial score (nSPS) is 13.5. The average molecular weight is 145 g/mol. The molecule has 0 aromatic rings. The van der Waals surface area contributed by atoms with Crippen molar-refractivity contribution >= 4 is 0 Å². The van der Waals surface area contributed by atoms with E-state index in [1.54, 1.807) is 0 Å². The van der Waals surface area contributed by atoms with E-state index in [1.807, 2.05) is 7.05 Å². The lowest BCUT2D eigenvalue weighted by Gasteiger charge is -2.10. The third kappa shape index (κ3) is 6.05. The van der Waals surface area contributed by atoms with Crippen LogP contribution in [0.3, 0.4) is 0 Å². The number of hydrogen-bond donors (Lipinski definition) is 1. The van der Waals surface area contributed by atoms with Gasteiger partial charge in [-0.2, -0.15) is 0 Å². The predicted octanol–water partition coefficient (Wildman–Crippen LogP) is 1.41. The maximum absolute atomic E-state index is 5.46. The summed E-state index contributed by atoms with van der Waals surface area (Å²) in [6, 6.07) is 0. The zero-order valence-electron chi connectivity index (χ0n) is 7.31. The third-order valence-electron chi connectivity index (χ3n) is 1.45. The summed E-state index contributed by atoms with van der Waals surface area (Å²) in [5, 5.41) is 3.04. The summed E-state index contributed by atoms with van der Waals surface area (Å²) >= 11 is 0. The maximum atomic E-state index is 5.46. The minimum absolute atomic E-state index is 0.429. The van der Waals surface area contributed by atoms with E-state index in [0.29, 0.717) is 6.10 Å². The van der Waals surface area contributed by atoms with E-state index in [9.17, 15) is 0 Å². The molecule has 0 aromatic carbocycles. The number of hydrogen-bond acceptors (Lipinski definition) is 2. The Kier molecular flexibility index (Phi) is 6.98. The summed E-state index contributed by atoms with van der Waals surface area (Å²) in [5.74, 6) is 0. The molecule has 0 aromatic heterocycles. The monoisotopic (exact) mass is 145 g/mol. The molecule has 0 aliphatic carbocycles. The second kappa shape index (κ2) is 7.03. The molecule has 1 N–H and O–H groups in total. The number of ether oxygens (including phenoxy) is 1. The van der Waals surface area contributed by atoms with Gasteiger partial charge < -0.3 is 10.1 Å². The number of nitrogens with one attached hydrogen (secondary N) is 1. The minimum Gasteiger partial charge on any atom is -0.377 e. The molecule has 0 aliphatic rings. The molecule has 0 spiro atoms. The molecule has 0 radical (unpaired) electrons. The molecule has 1 unspecified atom stereocenters. The van der Waals surface area contributed by atoms with Gasteiger partial charge in [0.05, 0.1) is 12.7 Å². The summed E-state index contributed by atoms with van der Waals surface area (Å²) in [7, 11) is 1.94. The highest BCUT2D eigenvalue weighted by molar-refractivity contribution is 4.48. The first-order chi connectivity index (χ1) is 4.81. The Morgan fingerprint density at radius 3 is 2.70 bits per heavy atom. The summed E-state index contributed by atoms with van der Waals surface area (Å²) in [6.07, 6.45) is 2.81. The molecule has 0 heterocycles. The van der Waals surface area contributed by atoms with Gasteiger partial charge in [0.1, 0.15) is 0 Å². The van der Waals surface area contributed by atoms with E-state index in [0.717, 1.165) is 13.2 Å². The van der Waals surface area contributed by atoms with Crippen molar-refractivity contribution in [2.45, 2.75) is 32.8 Å². The van der Waals surface area contributed by atoms with Gasteiger partial charge in [0, 0.05) is 6.54 Å². The Hall–Kier alpha value is -0.0800. The molecule has 0 amide bonds. The van der Waals surface area contributed by atoms with Gasteiger partial charge in [-0.1, -0.05) is 13.3 Å². The lowest BCUT2D eigenvalue weighted by molar-refractivity contribution is 0.0626. The lowest BCUT2D eigenvalue weighted by Crippen LogP contribution is -2.18. The zero-order valence-corrected chi connectivity index (χ0v) is 7.31. The van der Waals surface area contributed by atoms with Gasteiger partial charge in [-0.25, -0.2) is 0 Å². The lowest BCUT2D eigenvalue weighted by atomic mass is 10.2. The van der Waals surface area contributed by atoms with Gasteiger partial charge in [-0.05, 0) is 20.4 Å². The minimum atomic E-state index is 0.429. The predicted molar refractivity (Wildman–Crippen MR) is 44.2 cm³/mol. The molecule has 2 nitrogen and oxygen atoms in total. The van der Waals surface area contributed by atoms with Gasteiger partial charge in [-0.3, -0.25) is 0 Å². The van der Waals surface area contributed by atoms with Crippen molar-refractivity contribution in [2.24, 2.45) is 0 Å². The van der Waals surface area contributed by atoms with Gasteiger partial charge in [0.25, 0.3) is 0 Å². The Morgan fingerprint density at radius 1 is 1.50 bits per heavy atom.